The molecule has 0 radical (unpaired) electrons. The highest BCUT2D eigenvalue weighted by Crippen LogP contribution is 2.48. The van der Waals surface area contributed by atoms with Crippen LogP contribution in [0.2, 0.25) is 10.0 Å². The molecule has 2 rings (SSSR count). The Morgan fingerprint density at radius 3 is 2.62 bits per heavy atom. The number of amides is 1. The second-order valence-electron chi connectivity index (χ2n) is 5.19. The van der Waals surface area contributed by atoms with E-state index in [2.05, 4.69) is 10.6 Å². The third-order valence-electron chi connectivity index (χ3n) is 3.52. The Morgan fingerprint density at radius 2 is 1.95 bits per heavy atom. The van der Waals surface area contributed by atoms with Crippen molar-refractivity contribution in [2.75, 3.05) is 33.4 Å². The van der Waals surface area contributed by atoms with Gasteiger partial charge in [0.1, 0.15) is 0 Å². The summed E-state index contributed by atoms with van der Waals surface area (Å²) in [4.78, 5) is 12.0. The molecule has 0 aromatic heterocycles. The first-order valence-corrected chi connectivity index (χ1v) is 7.80. The quantitative estimate of drug-likeness (QED) is 0.720. The van der Waals surface area contributed by atoms with Gasteiger partial charge in [-0.3, -0.25) is 4.79 Å². The highest BCUT2D eigenvalue weighted by atomic mass is 35.5. The van der Waals surface area contributed by atoms with Crippen molar-refractivity contribution in [2.45, 2.75) is 12.3 Å². The summed E-state index contributed by atoms with van der Waals surface area (Å²) in [6.45, 7) is 2.84. The number of carbonyl (C=O) groups is 1. The van der Waals surface area contributed by atoms with Crippen LogP contribution in [0, 0.1) is 5.92 Å². The minimum atomic E-state index is 0.0403. The van der Waals surface area contributed by atoms with Crippen LogP contribution < -0.4 is 10.6 Å². The molecule has 0 aliphatic heterocycles. The number of hydrogen-bond donors (Lipinski definition) is 2. The average Bonchev–Trinajstić information content (AvgIpc) is 3.22. The third-order valence-corrected chi connectivity index (χ3v) is 3.96. The summed E-state index contributed by atoms with van der Waals surface area (Å²) >= 11 is 12.0. The molecule has 1 fully saturated rings. The zero-order valence-electron chi connectivity index (χ0n) is 12.0. The standard InChI is InChI=1S/C15H20Cl2N2O2/c1-21-5-4-18-2-3-19-15(20)14-9-13(14)10-6-11(16)8-12(17)7-10/h6-8,13-14,18H,2-5,9H2,1H3,(H,19,20). The predicted molar refractivity (Wildman–Crippen MR) is 85.1 cm³/mol. The number of hydrogen-bond acceptors (Lipinski definition) is 3. The first-order chi connectivity index (χ1) is 10.1. The van der Waals surface area contributed by atoms with Crippen molar-refractivity contribution in [3.8, 4) is 0 Å². The molecule has 0 saturated heterocycles. The van der Waals surface area contributed by atoms with E-state index in [0.717, 1.165) is 25.1 Å². The highest BCUT2D eigenvalue weighted by molar-refractivity contribution is 6.34. The molecule has 1 aliphatic rings. The normalized spacial score (nSPS) is 20.3. The summed E-state index contributed by atoms with van der Waals surface area (Å²) in [6, 6.07) is 5.48. The number of ether oxygens (including phenoxy) is 1. The van der Waals surface area contributed by atoms with Crippen LogP contribution in [0.15, 0.2) is 18.2 Å². The molecule has 1 saturated carbocycles. The maximum absolute atomic E-state index is 12.0. The Bertz CT molecular complexity index is 476. The van der Waals surface area contributed by atoms with Crippen LogP contribution in [-0.2, 0) is 9.53 Å². The van der Waals surface area contributed by atoms with E-state index in [1.807, 2.05) is 12.1 Å². The van der Waals surface area contributed by atoms with E-state index in [4.69, 9.17) is 27.9 Å². The molecule has 21 heavy (non-hydrogen) atoms. The van der Waals surface area contributed by atoms with Gasteiger partial charge in [-0.15, -0.1) is 0 Å². The second-order valence-corrected chi connectivity index (χ2v) is 6.06. The molecular weight excluding hydrogens is 311 g/mol. The third kappa shape index (κ3) is 5.15. The summed E-state index contributed by atoms with van der Waals surface area (Å²) in [5.74, 6) is 0.380. The molecule has 2 atom stereocenters. The minimum absolute atomic E-state index is 0.0403. The first kappa shape index (κ1) is 16.6. The van der Waals surface area contributed by atoms with Crippen molar-refractivity contribution in [2.24, 2.45) is 5.92 Å². The smallest absolute Gasteiger partial charge is 0.223 e. The topological polar surface area (TPSA) is 50.4 Å². The fraction of sp³-hybridized carbons (Fsp3) is 0.533. The zero-order valence-corrected chi connectivity index (χ0v) is 13.5. The SMILES string of the molecule is COCCNCCNC(=O)C1CC1c1cc(Cl)cc(Cl)c1. The number of nitrogens with one attached hydrogen (secondary N) is 2. The first-order valence-electron chi connectivity index (χ1n) is 7.05. The predicted octanol–water partition coefficient (Wildman–Crippen LogP) is 2.45. The van der Waals surface area contributed by atoms with Gasteiger partial charge in [0, 0.05) is 42.7 Å². The Hall–Kier alpha value is -0.810. The van der Waals surface area contributed by atoms with Crippen LogP contribution in [-0.4, -0.2) is 39.3 Å². The fourth-order valence-electron chi connectivity index (χ4n) is 2.35. The van der Waals surface area contributed by atoms with E-state index < -0.39 is 0 Å². The molecule has 116 valence electrons. The number of benzene rings is 1. The van der Waals surface area contributed by atoms with E-state index in [1.165, 1.54) is 0 Å². The van der Waals surface area contributed by atoms with Gasteiger partial charge in [-0.05, 0) is 36.1 Å². The lowest BCUT2D eigenvalue weighted by Crippen LogP contribution is -2.34. The van der Waals surface area contributed by atoms with Gasteiger partial charge in [-0.25, -0.2) is 0 Å². The molecule has 0 heterocycles. The van der Waals surface area contributed by atoms with Crippen LogP contribution in [0.5, 0.6) is 0 Å². The maximum atomic E-state index is 12.0. The van der Waals surface area contributed by atoms with Gasteiger partial charge in [0.05, 0.1) is 6.61 Å². The van der Waals surface area contributed by atoms with Gasteiger partial charge in [-0.1, -0.05) is 23.2 Å². The molecule has 0 spiro atoms. The van der Waals surface area contributed by atoms with Gasteiger partial charge >= 0.3 is 0 Å². The van der Waals surface area contributed by atoms with Gasteiger partial charge in [0.2, 0.25) is 5.91 Å². The molecule has 2 N–H and O–H groups in total. The van der Waals surface area contributed by atoms with Gasteiger partial charge in [0.25, 0.3) is 0 Å². The van der Waals surface area contributed by atoms with E-state index in [0.29, 0.717) is 23.2 Å². The maximum Gasteiger partial charge on any atom is 0.223 e. The van der Waals surface area contributed by atoms with E-state index in [1.54, 1.807) is 13.2 Å². The molecule has 1 amide bonds. The van der Waals surface area contributed by atoms with Crippen LogP contribution in [0.4, 0.5) is 0 Å². The second kappa shape index (κ2) is 7.99. The number of rotatable bonds is 8. The van der Waals surface area contributed by atoms with Crippen molar-refractivity contribution >= 4 is 29.1 Å². The molecule has 6 heteroatoms. The van der Waals surface area contributed by atoms with E-state index in [-0.39, 0.29) is 17.7 Å². The highest BCUT2D eigenvalue weighted by Gasteiger charge is 2.43. The molecule has 1 aromatic rings. The fourth-order valence-corrected chi connectivity index (χ4v) is 2.89. The van der Waals surface area contributed by atoms with E-state index >= 15 is 0 Å². The summed E-state index contributed by atoms with van der Waals surface area (Å²) < 4.78 is 4.93. The van der Waals surface area contributed by atoms with Crippen LogP contribution in [0.1, 0.15) is 17.9 Å². The number of methoxy groups -OCH3 is 1. The van der Waals surface area contributed by atoms with E-state index in [9.17, 15) is 4.79 Å². The molecule has 1 aromatic carbocycles. The Kier molecular flexibility index (Phi) is 6.30. The Labute approximate surface area is 135 Å². The van der Waals surface area contributed by atoms with Crippen LogP contribution in [0.3, 0.4) is 0 Å². The number of carbonyl (C=O) groups excluding carboxylic acids is 1. The van der Waals surface area contributed by atoms with Crippen LogP contribution in [0.25, 0.3) is 0 Å². The summed E-state index contributed by atoms with van der Waals surface area (Å²) in [7, 11) is 1.67. The molecule has 1 aliphatic carbocycles. The summed E-state index contributed by atoms with van der Waals surface area (Å²) in [5.41, 5.74) is 1.05. The van der Waals surface area contributed by atoms with Crippen LogP contribution >= 0.6 is 23.2 Å². The monoisotopic (exact) mass is 330 g/mol. The minimum Gasteiger partial charge on any atom is -0.383 e. The van der Waals surface area contributed by atoms with Gasteiger partial charge < -0.3 is 15.4 Å². The van der Waals surface area contributed by atoms with Crippen molar-refractivity contribution in [1.82, 2.24) is 10.6 Å². The zero-order chi connectivity index (χ0) is 15.2. The summed E-state index contributed by atoms with van der Waals surface area (Å²) in [5, 5.41) is 7.36. The summed E-state index contributed by atoms with van der Waals surface area (Å²) in [6.07, 6.45) is 0.861. The van der Waals surface area contributed by atoms with Crippen molar-refractivity contribution < 1.29 is 9.53 Å². The molecule has 0 bridgehead atoms. The van der Waals surface area contributed by atoms with Crippen molar-refractivity contribution in [1.29, 1.82) is 0 Å². The lowest BCUT2D eigenvalue weighted by Gasteiger charge is -2.07. The van der Waals surface area contributed by atoms with Gasteiger partial charge in [-0.2, -0.15) is 0 Å². The lowest BCUT2D eigenvalue weighted by atomic mass is 10.1. The average molecular weight is 331 g/mol. The Balaban J connectivity index is 1.71. The lowest BCUT2D eigenvalue weighted by molar-refractivity contribution is -0.122. The molecule has 4 nitrogen and oxygen atoms in total. The Morgan fingerprint density at radius 1 is 1.24 bits per heavy atom. The molecule has 2 unspecified atom stereocenters. The largest absolute Gasteiger partial charge is 0.383 e. The van der Waals surface area contributed by atoms with Crippen molar-refractivity contribution in [3.05, 3.63) is 33.8 Å². The number of halogens is 2. The molecular formula is C15H20Cl2N2O2. The van der Waals surface area contributed by atoms with Crippen molar-refractivity contribution in [3.63, 3.8) is 0 Å². The van der Waals surface area contributed by atoms with Gasteiger partial charge in [0.15, 0.2) is 0 Å².